The summed E-state index contributed by atoms with van der Waals surface area (Å²) in [6.45, 7) is 3.36. The van der Waals surface area contributed by atoms with E-state index in [9.17, 15) is 4.79 Å². The van der Waals surface area contributed by atoms with E-state index in [1.807, 2.05) is 28.9 Å². The molecule has 6 rings (SSSR count). The van der Waals surface area contributed by atoms with Crippen LogP contribution in [-0.4, -0.2) is 69.2 Å². The van der Waals surface area contributed by atoms with Gasteiger partial charge in [-0.15, -0.1) is 16.4 Å². The van der Waals surface area contributed by atoms with Crippen molar-refractivity contribution in [3.8, 4) is 5.75 Å². The molecule has 0 spiro atoms. The van der Waals surface area contributed by atoms with Gasteiger partial charge in [0.1, 0.15) is 11.8 Å². The van der Waals surface area contributed by atoms with Crippen LogP contribution >= 0.6 is 11.3 Å². The van der Waals surface area contributed by atoms with Crippen molar-refractivity contribution in [2.75, 3.05) is 26.9 Å². The van der Waals surface area contributed by atoms with Gasteiger partial charge >= 0.3 is 0 Å². The van der Waals surface area contributed by atoms with Crippen molar-refractivity contribution in [2.24, 2.45) is 0 Å². The number of tetrazole rings is 1. The minimum Gasteiger partial charge on any atom is -0.497 e. The Balaban J connectivity index is 1.47. The maximum Gasteiger partial charge on any atom is 0.253 e. The van der Waals surface area contributed by atoms with Crippen molar-refractivity contribution >= 4 is 22.2 Å². The number of aromatic nitrogens is 5. The van der Waals surface area contributed by atoms with Gasteiger partial charge in [0.05, 0.1) is 25.9 Å². The lowest BCUT2D eigenvalue weighted by Gasteiger charge is -2.32. The van der Waals surface area contributed by atoms with Gasteiger partial charge in [0.15, 0.2) is 5.82 Å². The number of methoxy groups -OCH3 is 1. The fraction of sp³-hybridized carbons (Fsp3) is 0.481. The van der Waals surface area contributed by atoms with Crippen LogP contribution in [0.2, 0.25) is 0 Å². The lowest BCUT2D eigenvalue weighted by molar-refractivity contribution is 0.0559. The number of benzene rings is 1. The molecule has 10 nitrogen and oxygen atoms in total. The highest BCUT2D eigenvalue weighted by atomic mass is 32.1. The molecule has 0 amide bonds. The quantitative estimate of drug-likeness (QED) is 0.328. The van der Waals surface area contributed by atoms with Crippen molar-refractivity contribution in [1.29, 1.82) is 0 Å². The van der Waals surface area contributed by atoms with Gasteiger partial charge in [-0.1, -0.05) is 6.07 Å². The third-order valence-corrected chi connectivity index (χ3v) is 8.21. The van der Waals surface area contributed by atoms with Gasteiger partial charge in [-0.3, -0.25) is 9.69 Å². The number of ether oxygens (including phenoxy) is 3. The molecule has 2 aliphatic rings. The van der Waals surface area contributed by atoms with E-state index in [2.05, 4.69) is 42.9 Å². The lowest BCUT2D eigenvalue weighted by Crippen LogP contribution is -2.39. The summed E-state index contributed by atoms with van der Waals surface area (Å²) in [6.07, 6.45) is 4.16. The Kier molecular flexibility index (Phi) is 7.50. The molecule has 3 atom stereocenters. The average molecular weight is 537 g/mol. The normalized spacial score (nSPS) is 20.5. The van der Waals surface area contributed by atoms with Crippen molar-refractivity contribution in [2.45, 2.75) is 57.0 Å². The highest BCUT2D eigenvalue weighted by Gasteiger charge is 2.34. The predicted molar refractivity (Wildman–Crippen MR) is 143 cm³/mol. The second-order valence-corrected chi connectivity index (χ2v) is 10.9. The van der Waals surface area contributed by atoms with Gasteiger partial charge in [-0.2, -0.15) is 0 Å². The molecule has 1 N–H and O–H groups in total. The predicted octanol–water partition coefficient (Wildman–Crippen LogP) is 3.53. The SMILES string of the molecule is COc1ccc2[nH]c(=O)c(C(c3nnnn3CC3CCCO3)N(Cc3cccs3)CC3CCCO3)cc2c1. The minimum absolute atomic E-state index is 0.0564. The first kappa shape index (κ1) is 25.2. The summed E-state index contributed by atoms with van der Waals surface area (Å²) in [5, 5.41) is 15.9. The molecule has 3 aromatic heterocycles. The molecule has 0 bridgehead atoms. The molecular weight excluding hydrogens is 504 g/mol. The van der Waals surface area contributed by atoms with E-state index in [0.29, 0.717) is 31.0 Å². The van der Waals surface area contributed by atoms with Crippen LogP contribution in [0.15, 0.2) is 46.6 Å². The van der Waals surface area contributed by atoms with E-state index in [1.54, 1.807) is 18.4 Å². The number of hydrogen-bond acceptors (Lipinski definition) is 9. The standard InChI is InChI=1S/C27H32N6O4S/c1-35-19-8-9-24-18(13-19)14-23(27(34)28-24)25(26-29-30-31-33(26)16-21-6-3-11-37-21)32(15-20-5-2-10-36-20)17-22-7-4-12-38-22/h4,7-9,12-14,20-21,25H,2-3,5-6,10-11,15-17H2,1H3,(H,28,34). The number of thiophene rings is 1. The Bertz CT molecular complexity index is 1410. The van der Waals surface area contributed by atoms with Crippen LogP contribution < -0.4 is 10.3 Å². The van der Waals surface area contributed by atoms with Crippen molar-refractivity contribution in [3.63, 3.8) is 0 Å². The molecule has 200 valence electrons. The second kappa shape index (κ2) is 11.3. The van der Waals surface area contributed by atoms with Gasteiger partial charge < -0.3 is 19.2 Å². The molecule has 2 fully saturated rings. The van der Waals surface area contributed by atoms with Gasteiger partial charge in [-0.25, -0.2) is 4.68 Å². The number of rotatable bonds is 10. The molecule has 2 aliphatic heterocycles. The third-order valence-electron chi connectivity index (χ3n) is 7.35. The molecule has 5 heterocycles. The van der Waals surface area contributed by atoms with Crippen molar-refractivity contribution in [3.05, 3.63) is 68.4 Å². The summed E-state index contributed by atoms with van der Waals surface area (Å²) < 4.78 is 19.2. The molecule has 0 saturated carbocycles. The largest absolute Gasteiger partial charge is 0.497 e. The number of fused-ring (bicyclic) bond motifs is 1. The summed E-state index contributed by atoms with van der Waals surface area (Å²) in [5.74, 6) is 1.35. The summed E-state index contributed by atoms with van der Waals surface area (Å²) in [4.78, 5) is 20.2. The zero-order chi connectivity index (χ0) is 25.9. The summed E-state index contributed by atoms with van der Waals surface area (Å²) in [5.41, 5.74) is 1.17. The summed E-state index contributed by atoms with van der Waals surface area (Å²) in [6, 6.07) is 11.3. The van der Waals surface area contributed by atoms with Crippen LogP contribution in [0.1, 0.15) is 48.0 Å². The lowest BCUT2D eigenvalue weighted by atomic mass is 10.0. The first-order valence-corrected chi connectivity index (χ1v) is 14.0. The van der Waals surface area contributed by atoms with E-state index in [4.69, 9.17) is 14.2 Å². The maximum absolute atomic E-state index is 13.7. The summed E-state index contributed by atoms with van der Waals surface area (Å²) >= 11 is 1.70. The number of aromatic amines is 1. The number of H-pyrrole nitrogens is 1. The Morgan fingerprint density at radius 2 is 2.03 bits per heavy atom. The van der Waals surface area contributed by atoms with Crippen LogP contribution in [0.4, 0.5) is 0 Å². The van der Waals surface area contributed by atoms with Gasteiger partial charge in [0.25, 0.3) is 5.56 Å². The molecule has 3 unspecified atom stereocenters. The Morgan fingerprint density at radius 1 is 1.18 bits per heavy atom. The minimum atomic E-state index is -0.489. The van der Waals surface area contributed by atoms with Crippen LogP contribution in [0.25, 0.3) is 10.9 Å². The van der Waals surface area contributed by atoms with E-state index >= 15 is 0 Å². The van der Waals surface area contributed by atoms with E-state index < -0.39 is 6.04 Å². The monoisotopic (exact) mass is 536 g/mol. The molecule has 2 saturated heterocycles. The molecule has 1 aromatic carbocycles. The van der Waals surface area contributed by atoms with Crippen LogP contribution in [0.5, 0.6) is 5.75 Å². The van der Waals surface area contributed by atoms with Crippen LogP contribution in [-0.2, 0) is 22.6 Å². The zero-order valence-electron chi connectivity index (χ0n) is 21.4. The fourth-order valence-electron chi connectivity index (χ4n) is 5.46. The van der Waals surface area contributed by atoms with Crippen LogP contribution in [0, 0.1) is 0 Å². The highest BCUT2D eigenvalue weighted by Crippen LogP contribution is 2.32. The Hall–Kier alpha value is -3.12. The van der Waals surface area contributed by atoms with Crippen LogP contribution in [0.3, 0.4) is 0 Å². The molecule has 38 heavy (non-hydrogen) atoms. The summed E-state index contributed by atoms with van der Waals surface area (Å²) in [7, 11) is 1.64. The molecule has 0 radical (unpaired) electrons. The number of hydrogen-bond donors (Lipinski definition) is 1. The zero-order valence-corrected chi connectivity index (χ0v) is 22.2. The van der Waals surface area contributed by atoms with Gasteiger partial charge in [0.2, 0.25) is 0 Å². The topological polar surface area (TPSA) is 107 Å². The highest BCUT2D eigenvalue weighted by molar-refractivity contribution is 7.09. The number of nitrogens with zero attached hydrogens (tertiary/aromatic N) is 5. The average Bonchev–Trinajstić information content (AvgIpc) is 3.74. The number of nitrogens with one attached hydrogen (secondary N) is 1. The van der Waals surface area contributed by atoms with Crippen molar-refractivity contribution < 1.29 is 14.2 Å². The molecule has 0 aliphatic carbocycles. The van der Waals surface area contributed by atoms with Gasteiger partial charge in [0, 0.05) is 47.6 Å². The Morgan fingerprint density at radius 3 is 2.76 bits per heavy atom. The number of pyridine rings is 1. The fourth-order valence-corrected chi connectivity index (χ4v) is 6.19. The molecule has 4 aromatic rings. The van der Waals surface area contributed by atoms with E-state index in [0.717, 1.165) is 55.5 Å². The van der Waals surface area contributed by atoms with Gasteiger partial charge in [-0.05, 0) is 71.8 Å². The first-order chi connectivity index (χ1) is 18.7. The third kappa shape index (κ3) is 5.37. The second-order valence-electron chi connectivity index (χ2n) is 9.91. The van der Waals surface area contributed by atoms with Crippen molar-refractivity contribution in [1.82, 2.24) is 30.1 Å². The van der Waals surface area contributed by atoms with E-state index in [1.165, 1.54) is 4.88 Å². The molecule has 11 heteroatoms. The smallest absolute Gasteiger partial charge is 0.253 e. The van der Waals surface area contributed by atoms with E-state index in [-0.39, 0.29) is 17.8 Å². The first-order valence-electron chi connectivity index (χ1n) is 13.1. The molecular formula is C27H32N6O4S. The maximum atomic E-state index is 13.7. The Labute approximate surface area is 224 Å².